The van der Waals surface area contributed by atoms with Gasteiger partial charge in [-0.15, -0.1) is 0 Å². The van der Waals surface area contributed by atoms with Crippen LogP contribution >= 0.6 is 0 Å². The van der Waals surface area contributed by atoms with Crippen molar-refractivity contribution in [2.24, 2.45) is 0 Å². The van der Waals surface area contributed by atoms with E-state index in [9.17, 15) is 31.8 Å². The molecule has 2 aliphatic heterocycles. The van der Waals surface area contributed by atoms with Crippen molar-refractivity contribution in [1.29, 1.82) is 0 Å². The number of nitrogens with one attached hydrogen (secondary N) is 1. The smallest absolute Gasteiger partial charge is 0.279 e. The molecule has 2 amide bonds. The molecule has 0 radical (unpaired) electrons. The lowest BCUT2D eigenvalue weighted by molar-refractivity contribution is 0.0928. The number of aromatic nitrogens is 1. The highest BCUT2D eigenvalue weighted by Crippen LogP contribution is 2.37. The number of nitrogens with zero attached hydrogens (tertiary/aromatic N) is 2. The fraction of sp³-hybridized carbons (Fsp3) is 0.167. The van der Waals surface area contributed by atoms with Crippen molar-refractivity contribution in [1.82, 2.24) is 9.88 Å². The van der Waals surface area contributed by atoms with Crippen molar-refractivity contribution in [3.63, 3.8) is 0 Å². The van der Waals surface area contributed by atoms with Gasteiger partial charge in [0.2, 0.25) is 5.43 Å². The second-order valence-electron chi connectivity index (χ2n) is 9.81. The van der Waals surface area contributed by atoms with Gasteiger partial charge in [-0.1, -0.05) is 42.5 Å². The molecular weight excluding hydrogens is 587 g/mol. The maximum Gasteiger partial charge on any atom is 0.279 e. The first kappa shape index (κ1) is 29.7. The Morgan fingerprint density at radius 1 is 1.02 bits per heavy atom. The van der Waals surface area contributed by atoms with Gasteiger partial charge >= 0.3 is 0 Å². The second kappa shape index (κ2) is 11.9. The van der Waals surface area contributed by atoms with Gasteiger partial charge in [0.25, 0.3) is 11.8 Å². The number of pyridine rings is 1. The lowest BCUT2D eigenvalue weighted by Gasteiger charge is -2.35. The molecule has 9 nitrogen and oxygen atoms in total. The number of fused-ring (bicyclic) bond motifs is 6. The Labute approximate surface area is 246 Å². The summed E-state index contributed by atoms with van der Waals surface area (Å²) in [6.45, 7) is -0.642. The van der Waals surface area contributed by atoms with Crippen LogP contribution in [0.25, 0.3) is 0 Å². The fourth-order valence-electron chi connectivity index (χ4n) is 5.12. The number of carbonyl (C=O) groups is 2. The Balaban J connectivity index is 0.00000221. The Morgan fingerprint density at radius 2 is 1.70 bits per heavy atom. The normalized spacial score (nSPS) is 16.8. The molecule has 224 valence electrons. The Hall–Kier alpha value is -4.75. The van der Waals surface area contributed by atoms with E-state index in [4.69, 9.17) is 4.74 Å². The summed E-state index contributed by atoms with van der Waals surface area (Å²) in [5, 5.41) is 2.30. The number of benzene rings is 3. The maximum absolute atomic E-state index is 14.2. The summed E-state index contributed by atoms with van der Waals surface area (Å²) >= 11 is 0. The quantitative estimate of drug-likeness (QED) is 0.356. The monoisotopic (exact) mass is 613 g/mol. The predicted octanol–water partition coefficient (Wildman–Crippen LogP) is 3.52. The van der Waals surface area contributed by atoms with Crippen molar-refractivity contribution in [3.05, 3.63) is 123 Å². The summed E-state index contributed by atoms with van der Waals surface area (Å²) < 4.78 is 62.3. The zero-order valence-electron chi connectivity index (χ0n) is 22.3. The molecule has 0 saturated heterocycles. The molecule has 2 aliphatic rings. The average Bonchev–Trinajstić information content (AvgIpc) is 3.10. The Morgan fingerprint density at radius 3 is 2.42 bits per heavy atom. The molecule has 0 aliphatic carbocycles. The Kier molecular flexibility index (Phi) is 8.20. The van der Waals surface area contributed by atoms with Gasteiger partial charge in [-0.3, -0.25) is 18.6 Å². The van der Waals surface area contributed by atoms with Crippen LogP contribution in [-0.2, 0) is 24.0 Å². The van der Waals surface area contributed by atoms with Crippen LogP contribution in [0, 0.1) is 17.5 Å². The Bertz CT molecular complexity index is 1820. The molecule has 0 spiro atoms. The molecule has 3 heterocycles. The van der Waals surface area contributed by atoms with Crippen LogP contribution in [0.3, 0.4) is 0 Å². The topological polar surface area (TPSA) is 129 Å². The lowest BCUT2D eigenvalue weighted by Crippen LogP contribution is -2.46. The van der Waals surface area contributed by atoms with Crippen LogP contribution in [0.5, 0.6) is 5.75 Å². The highest BCUT2D eigenvalue weighted by Gasteiger charge is 2.40. The first-order chi connectivity index (χ1) is 20.2. The van der Waals surface area contributed by atoms with Crippen molar-refractivity contribution in [2.45, 2.75) is 24.1 Å². The number of hydrogen-bond donors (Lipinski definition) is 1. The van der Waals surface area contributed by atoms with Crippen LogP contribution in [0.15, 0.2) is 82.6 Å². The standard InChI is InChI=1S/C30H22F3N3O5S.H2O.H2/c31-18-10-22(32)20(23(33)11-18)12-34-29(38)21-14-35-19-13-36(24-8-4-5-9-25(24)42(40)16-19)30(39)26(35)28(27(21)37)41-15-17-6-2-1-3-7-17;;/h1-11,14,19H,12-13,15-16H2,(H,34,38);1H2;1H/t19-,42?;;/m1../s1. The summed E-state index contributed by atoms with van der Waals surface area (Å²) in [5.74, 6) is -5.37. The molecule has 2 bridgehead atoms. The van der Waals surface area contributed by atoms with E-state index in [1.54, 1.807) is 54.6 Å². The summed E-state index contributed by atoms with van der Waals surface area (Å²) in [6.07, 6.45) is 1.19. The third-order valence-electron chi connectivity index (χ3n) is 7.17. The zero-order valence-corrected chi connectivity index (χ0v) is 23.1. The number of ether oxygens (including phenoxy) is 1. The molecule has 2 atom stereocenters. The first-order valence-electron chi connectivity index (χ1n) is 12.9. The number of halogens is 3. The predicted molar refractivity (Wildman–Crippen MR) is 153 cm³/mol. The third-order valence-corrected chi connectivity index (χ3v) is 8.70. The first-order valence-corrected chi connectivity index (χ1v) is 14.2. The van der Waals surface area contributed by atoms with Crippen LogP contribution < -0.4 is 20.4 Å². The molecule has 3 aromatic carbocycles. The molecular formula is C30H26F3N3O6S. The van der Waals surface area contributed by atoms with Crippen LogP contribution in [0.2, 0.25) is 0 Å². The SMILES string of the molecule is O.O=C(NCc1c(F)cc(F)cc1F)c1cn2c(c(OCc3ccccc3)c1=O)C(=O)N1C[C@@H]2CS(=O)c2ccccc21.[HH]. The molecule has 0 saturated carbocycles. The summed E-state index contributed by atoms with van der Waals surface area (Å²) in [5.41, 5.74) is -0.892. The molecule has 1 unspecified atom stereocenters. The maximum atomic E-state index is 14.2. The highest BCUT2D eigenvalue weighted by atomic mass is 32.2. The summed E-state index contributed by atoms with van der Waals surface area (Å²) in [4.78, 5) is 42.8. The van der Waals surface area contributed by atoms with Crippen molar-refractivity contribution in [3.8, 4) is 5.75 Å². The van der Waals surface area contributed by atoms with Gasteiger partial charge in [0.15, 0.2) is 11.4 Å². The number of hydrogen-bond acceptors (Lipinski definition) is 5. The van der Waals surface area contributed by atoms with E-state index in [1.165, 1.54) is 15.7 Å². The summed E-state index contributed by atoms with van der Waals surface area (Å²) in [7, 11) is -1.51. The van der Waals surface area contributed by atoms with Gasteiger partial charge in [-0.25, -0.2) is 13.2 Å². The van der Waals surface area contributed by atoms with Crippen LogP contribution in [0.4, 0.5) is 18.9 Å². The molecule has 43 heavy (non-hydrogen) atoms. The minimum absolute atomic E-state index is 0. The number of para-hydroxylation sites is 1. The van der Waals surface area contributed by atoms with E-state index in [0.29, 0.717) is 28.3 Å². The fourth-order valence-corrected chi connectivity index (χ4v) is 6.56. The van der Waals surface area contributed by atoms with Gasteiger partial charge < -0.3 is 25.0 Å². The van der Waals surface area contributed by atoms with Crippen LogP contribution in [-0.4, -0.2) is 38.4 Å². The van der Waals surface area contributed by atoms with E-state index in [-0.39, 0.29) is 37.3 Å². The highest BCUT2D eigenvalue weighted by molar-refractivity contribution is 7.85. The zero-order chi connectivity index (χ0) is 29.5. The van der Waals surface area contributed by atoms with E-state index in [0.717, 1.165) is 0 Å². The largest absolute Gasteiger partial charge is 0.483 e. The molecule has 1 aromatic heterocycles. The summed E-state index contributed by atoms with van der Waals surface area (Å²) in [6, 6.07) is 16.0. The third kappa shape index (κ3) is 5.44. The lowest BCUT2D eigenvalue weighted by atomic mass is 10.1. The van der Waals surface area contributed by atoms with Crippen molar-refractivity contribution >= 4 is 28.3 Å². The number of amides is 2. The van der Waals surface area contributed by atoms with Crippen molar-refractivity contribution < 1.29 is 38.6 Å². The van der Waals surface area contributed by atoms with Gasteiger partial charge in [0, 0.05) is 38.4 Å². The van der Waals surface area contributed by atoms with E-state index in [2.05, 4.69) is 5.32 Å². The van der Waals surface area contributed by atoms with Gasteiger partial charge in [-0.2, -0.15) is 0 Å². The molecule has 4 aromatic rings. The van der Waals surface area contributed by atoms with Gasteiger partial charge in [0.1, 0.15) is 29.6 Å². The van der Waals surface area contributed by atoms with Gasteiger partial charge in [0.05, 0.1) is 33.2 Å². The van der Waals surface area contributed by atoms with Gasteiger partial charge in [-0.05, 0) is 17.7 Å². The molecule has 13 heteroatoms. The van der Waals surface area contributed by atoms with Crippen LogP contribution in [0.1, 0.15) is 39.4 Å². The molecule has 0 fully saturated rings. The minimum Gasteiger partial charge on any atom is -0.483 e. The minimum atomic E-state index is -1.51. The average molecular weight is 614 g/mol. The number of rotatable bonds is 6. The number of anilines is 1. The van der Waals surface area contributed by atoms with E-state index < -0.39 is 69.2 Å². The van der Waals surface area contributed by atoms with E-state index in [1.807, 2.05) is 0 Å². The van der Waals surface area contributed by atoms with E-state index >= 15 is 0 Å². The second-order valence-corrected chi connectivity index (χ2v) is 11.3. The number of carbonyl (C=O) groups excluding carboxylic acids is 2. The molecule has 6 rings (SSSR count). The molecule has 3 N–H and O–H groups in total. The van der Waals surface area contributed by atoms with Crippen molar-refractivity contribution in [2.75, 3.05) is 17.2 Å².